The van der Waals surface area contributed by atoms with Crippen molar-refractivity contribution in [1.82, 2.24) is 15.0 Å². The summed E-state index contributed by atoms with van der Waals surface area (Å²) in [6, 6.07) is 15.8. The number of nitrogens with one attached hydrogen (secondary N) is 1. The van der Waals surface area contributed by atoms with Gasteiger partial charge >= 0.3 is 0 Å². The van der Waals surface area contributed by atoms with E-state index in [9.17, 15) is 4.79 Å². The summed E-state index contributed by atoms with van der Waals surface area (Å²) in [7, 11) is 1.95. The minimum absolute atomic E-state index is 0.156. The Hall–Kier alpha value is -2.60. The zero-order chi connectivity index (χ0) is 16.9. The molecule has 2 aromatic carbocycles. The summed E-state index contributed by atoms with van der Waals surface area (Å²) in [5.41, 5.74) is 6.64. The average molecular weight is 338 g/mol. The highest BCUT2D eigenvalue weighted by Crippen LogP contribution is 2.22. The van der Waals surface area contributed by atoms with Gasteiger partial charge in [-0.15, -0.1) is 0 Å². The minimum atomic E-state index is -0.156. The van der Waals surface area contributed by atoms with Gasteiger partial charge in [-0.25, -0.2) is 10.4 Å². The van der Waals surface area contributed by atoms with Gasteiger partial charge in [-0.3, -0.25) is 4.79 Å². The third-order valence-corrected chi connectivity index (χ3v) is 4.69. The van der Waals surface area contributed by atoms with E-state index >= 15 is 0 Å². The van der Waals surface area contributed by atoms with Crippen LogP contribution in [0.4, 0.5) is 0 Å². The number of amides is 1. The molecule has 0 spiro atoms. The molecule has 122 valence electrons. The number of hydrazone groups is 1. The second-order valence-electron chi connectivity index (χ2n) is 5.38. The van der Waals surface area contributed by atoms with Crippen molar-refractivity contribution in [2.24, 2.45) is 12.1 Å². The van der Waals surface area contributed by atoms with Gasteiger partial charge in [-0.2, -0.15) is 5.10 Å². The zero-order valence-corrected chi connectivity index (χ0v) is 14.4. The van der Waals surface area contributed by atoms with E-state index in [0.717, 1.165) is 27.3 Å². The van der Waals surface area contributed by atoms with E-state index in [-0.39, 0.29) is 11.7 Å². The molecule has 6 heteroatoms. The second-order valence-corrected chi connectivity index (χ2v) is 6.32. The standard InChI is InChI=1S/C18H18N4OS/c1-13-7-3-4-8-14(13)11-19-21-17(23)12-24-18-20-15-9-5-6-10-16(15)22(18)2/h3-11H,12H2,1-2H3,(H,21,23)/b19-11+. The molecule has 0 bridgehead atoms. The Balaban J connectivity index is 1.57. The summed E-state index contributed by atoms with van der Waals surface area (Å²) in [4.78, 5) is 16.5. The molecular formula is C18H18N4OS. The molecule has 0 saturated heterocycles. The monoisotopic (exact) mass is 338 g/mol. The normalized spacial score (nSPS) is 11.2. The second kappa shape index (κ2) is 7.31. The van der Waals surface area contributed by atoms with E-state index in [1.165, 1.54) is 11.8 Å². The molecule has 0 radical (unpaired) electrons. The van der Waals surface area contributed by atoms with Crippen molar-refractivity contribution in [3.05, 3.63) is 59.7 Å². The molecule has 0 saturated carbocycles. The van der Waals surface area contributed by atoms with Gasteiger partial charge in [0.1, 0.15) is 0 Å². The average Bonchev–Trinajstić information content (AvgIpc) is 2.91. The van der Waals surface area contributed by atoms with Crippen molar-refractivity contribution in [1.29, 1.82) is 0 Å². The fourth-order valence-corrected chi connectivity index (χ4v) is 3.10. The lowest BCUT2D eigenvalue weighted by atomic mass is 10.1. The number of hydrogen-bond acceptors (Lipinski definition) is 4. The molecule has 24 heavy (non-hydrogen) atoms. The number of para-hydroxylation sites is 2. The predicted molar refractivity (Wildman–Crippen MR) is 98.4 cm³/mol. The number of thioether (sulfide) groups is 1. The maximum absolute atomic E-state index is 11.9. The fraction of sp³-hybridized carbons (Fsp3) is 0.167. The molecule has 1 amide bonds. The smallest absolute Gasteiger partial charge is 0.250 e. The number of aromatic nitrogens is 2. The van der Waals surface area contributed by atoms with Crippen LogP contribution in [0, 0.1) is 6.92 Å². The van der Waals surface area contributed by atoms with Crippen LogP contribution in [0.25, 0.3) is 11.0 Å². The molecule has 3 aromatic rings. The Morgan fingerprint density at radius 1 is 1.25 bits per heavy atom. The fourth-order valence-electron chi connectivity index (χ4n) is 2.32. The molecule has 1 heterocycles. The molecule has 0 fully saturated rings. The summed E-state index contributed by atoms with van der Waals surface area (Å²) >= 11 is 1.40. The van der Waals surface area contributed by atoms with Crippen molar-refractivity contribution in [2.75, 3.05) is 5.75 Å². The van der Waals surface area contributed by atoms with Crippen LogP contribution in [0.2, 0.25) is 0 Å². The van der Waals surface area contributed by atoms with Crippen molar-refractivity contribution in [3.8, 4) is 0 Å². The third kappa shape index (κ3) is 3.65. The maximum Gasteiger partial charge on any atom is 0.250 e. The van der Waals surface area contributed by atoms with Crippen LogP contribution < -0.4 is 5.43 Å². The first-order valence-corrected chi connectivity index (χ1v) is 8.55. The van der Waals surface area contributed by atoms with E-state index in [0.29, 0.717) is 0 Å². The molecule has 0 atom stereocenters. The zero-order valence-electron chi connectivity index (χ0n) is 13.6. The van der Waals surface area contributed by atoms with Gasteiger partial charge in [-0.1, -0.05) is 48.2 Å². The maximum atomic E-state index is 11.9. The van der Waals surface area contributed by atoms with Crippen molar-refractivity contribution < 1.29 is 4.79 Å². The van der Waals surface area contributed by atoms with Gasteiger partial charge in [-0.05, 0) is 30.2 Å². The van der Waals surface area contributed by atoms with Gasteiger partial charge in [0.25, 0.3) is 5.91 Å². The van der Waals surface area contributed by atoms with E-state index in [1.54, 1.807) is 6.21 Å². The van der Waals surface area contributed by atoms with Gasteiger partial charge < -0.3 is 4.57 Å². The Morgan fingerprint density at radius 2 is 2.00 bits per heavy atom. The first-order chi connectivity index (χ1) is 11.6. The highest BCUT2D eigenvalue weighted by molar-refractivity contribution is 7.99. The molecule has 1 N–H and O–H groups in total. The van der Waals surface area contributed by atoms with Crippen molar-refractivity contribution >= 4 is 34.9 Å². The lowest BCUT2D eigenvalue weighted by Gasteiger charge is -2.02. The third-order valence-electron chi connectivity index (χ3n) is 3.66. The Labute approximate surface area is 144 Å². The number of rotatable bonds is 5. The lowest BCUT2D eigenvalue weighted by molar-refractivity contribution is -0.118. The van der Waals surface area contributed by atoms with Crippen LogP contribution in [0.3, 0.4) is 0 Å². The quantitative estimate of drug-likeness (QED) is 0.442. The van der Waals surface area contributed by atoms with Crippen molar-refractivity contribution in [3.63, 3.8) is 0 Å². The topological polar surface area (TPSA) is 59.3 Å². The highest BCUT2D eigenvalue weighted by Gasteiger charge is 2.09. The van der Waals surface area contributed by atoms with Crippen LogP contribution in [0.5, 0.6) is 0 Å². The Morgan fingerprint density at radius 3 is 2.79 bits per heavy atom. The molecule has 3 rings (SSSR count). The number of imidazole rings is 1. The molecule has 5 nitrogen and oxygen atoms in total. The van der Waals surface area contributed by atoms with E-state index < -0.39 is 0 Å². The Kier molecular flexibility index (Phi) is 4.96. The number of fused-ring (bicyclic) bond motifs is 1. The van der Waals surface area contributed by atoms with Crippen molar-refractivity contribution in [2.45, 2.75) is 12.1 Å². The SMILES string of the molecule is Cc1ccccc1/C=N/NC(=O)CSc1nc2ccccc2n1C. The molecular weight excluding hydrogens is 320 g/mol. The van der Waals surface area contributed by atoms with Crippen LogP contribution in [0.15, 0.2) is 58.8 Å². The summed E-state index contributed by atoms with van der Waals surface area (Å²) in [5, 5.41) is 4.83. The number of carbonyl (C=O) groups excluding carboxylic acids is 1. The van der Waals surface area contributed by atoms with Gasteiger partial charge in [0.15, 0.2) is 5.16 Å². The summed E-state index contributed by atoms with van der Waals surface area (Å²) in [5.74, 6) is 0.110. The molecule has 0 aliphatic heterocycles. The van der Waals surface area contributed by atoms with E-state index in [1.807, 2.05) is 67.1 Å². The van der Waals surface area contributed by atoms with Crippen LogP contribution in [-0.2, 0) is 11.8 Å². The number of aryl methyl sites for hydroxylation is 2. The first kappa shape index (κ1) is 16.3. The summed E-state index contributed by atoms with van der Waals surface area (Å²) in [6.45, 7) is 2.00. The first-order valence-electron chi connectivity index (χ1n) is 7.57. The van der Waals surface area contributed by atoms with Crippen LogP contribution in [0.1, 0.15) is 11.1 Å². The minimum Gasteiger partial charge on any atom is -0.322 e. The number of carbonyl (C=O) groups is 1. The lowest BCUT2D eigenvalue weighted by Crippen LogP contribution is -2.20. The number of nitrogens with zero attached hydrogens (tertiary/aromatic N) is 3. The highest BCUT2D eigenvalue weighted by atomic mass is 32.2. The molecule has 0 aliphatic rings. The Bertz CT molecular complexity index is 901. The molecule has 0 unspecified atom stereocenters. The number of benzene rings is 2. The van der Waals surface area contributed by atoms with Gasteiger partial charge in [0.05, 0.1) is 23.0 Å². The van der Waals surface area contributed by atoms with Gasteiger partial charge in [0.2, 0.25) is 0 Å². The van der Waals surface area contributed by atoms with Gasteiger partial charge in [0, 0.05) is 7.05 Å². The van der Waals surface area contributed by atoms with E-state index in [2.05, 4.69) is 15.5 Å². The molecule has 1 aromatic heterocycles. The largest absolute Gasteiger partial charge is 0.322 e. The van der Waals surface area contributed by atoms with E-state index in [4.69, 9.17) is 0 Å². The van der Waals surface area contributed by atoms with Crippen LogP contribution in [-0.4, -0.2) is 27.4 Å². The van der Waals surface area contributed by atoms with Crippen LogP contribution >= 0.6 is 11.8 Å². The summed E-state index contributed by atoms with van der Waals surface area (Å²) < 4.78 is 1.99. The predicted octanol–water partition coefficient (Wildman–Crippen LogP) is 3.12. The number of hydrogen-bond donors (Lipinski definition) is 1. The molecule has 0 aliphatic carbocycles. The summed E-state index contributed by atoms with van der Waals surface area (Å²) in [6.07, 6.45) is 1.66.